The Morgan fingerprint density at radius 2 is 2.08 bits per heavy atom. The topological polar surface area (TPSA) is 51.5 Å². The largest absolute Gasteiger partial charge is 0.465 e. The van der Waals surface area contributed by atoms with Gasteiger partial charge in [0.05, 0.1) is 24.9 Å². The second-order valence-corrected chi connectivity index (χ2v) is 6.39. The van der Waals surface area contributed by atoms with Gasteiger partial charge >= 0.3 is 5.97 Å². The van der Waals surface area contributed by atoms with Crippen LogP contribution in [0.15, 0.2) is 47.7 Å². The van der Waals surface area contributed by atoms with E-state index in [1.54, 1.807) is 18.3 Å². The molecule has 0 bridgehead atoms. The molecule has 25 heavy (non-hydrogen) atoms. The monoisotopic (exact) mass is 340 g/mol. The van der Waals surface area contributed by atoms with E-state index in [0.29, 0.717) is 5.56 Å². The number of rotatable bonds is 5. The number of hydrogen-bond donors (Lipinski definition) is 0. The summed E-state index contributed by atoms with van der Waals surface area (Å²) in [5, 5.41) is 0. The third kappa shape index (κ3) is 4.10. The number of aromatic nitrogens is 1. The summed E-state index contributed by atoms with van der Waals surface area (Å²) in [5.74, 6) is -0.498. The fraction of sp³-hybridized carbons (Fsp3) is 0.350. The van der Waals surface area contributed by atoms with Gasteiger partial charge in [-0.05, 0) is 42.2 Å². The molecule has 0 radical (unpaired) electrons. The van der Waals surface area contributed by atoms with E-state index >= 15 is 0 Å². The minimum Gasteiger partial charge on any atom is -0.465 e. The Morgan fingerprint density at radius 1 is 1.32 bits per heavy atom. The molecule has 5 heteroatoms. The molecule has 2 aromatic rings. The van der Waals surface area contributed by atoms with Crippen LogP contribution in [0.1, 0.15) is 47.2 Å². The van der Waals surface area contributed by atoms with Gasteiger partial charge in [-0.3, -0.25) is 9.98 Å². The smallest absolute Gasteiger partial charge is 0.337 e. The standard InChI is InChI=1S/C20H21FN2O2/c1-13(16-10-17(21)12-22-11-16)19-8-7-18(23-19)9-14-3-5-15(6-4-14)20(24)25-2/h3-6,10-13,19H,7-9H2,1-2H3/t13-,19-/m1/s1. The van der Waals surface area contributed by atoms with Crippen molar-refractivity contribution in [2.45, 2.75) is 38.1 Å². The number of esters is 1. The van der Waals surface area contributed by atoms with Gasteiger partial charge in [0.15, 0.2) is 0 Å². The van der Waals surface area contributed by atoms with Gasteiger partial charge in [-0.2, -0.15) is 0 Å². The fourth-order valence-corrected chi connectivity index (χ4v) is 3.19. The molecule has 2 atom stereocenters. The van der Waals surface area contributed by atoms with Crippen molar-refractivity contribution in [1.82, 2.24) is 4.98 Å². The predicted molar refractivity (Wildman–Crippen MR) is 94.6 cm³/mol. The van der Waals surface area contributed by atoms with Crippen LogP contribution in [0.5, 0.6) is 0 Å². The Kier molecular flexibility index (Phi) is 5.22. The summed E-state index contributed by atoms with van der Waals surface area (Å²) in [5.41, 5.74) is 3.70. The van der Waals surface area contributed by atoms with Crippen molar-refractivity contribution in [3.05, 3.63) is 65.2 Å². The molecule has 0 fully saturated rings. The van der Waals surface area contributed by atoms with Crippen LogP contribution in [0.3, 0.4) is 0 Å². The van der Waals surface area contributed by atoms with E-state index in [1.807, 2.05) is 12.1 Å². The summed E-state index contributed by atoms with van der Waals surface area (Å²) >= 11 is 0. The maximum Gasteiger partial charge on any atom is 0.337 e. The highest BCUT2D eigenvalue weighted by molar-refractivity contribution is 5.90. The first-order valence-electron chi connectivity index (χ1n) is 8.40. The molecule has 0 saturated heterocycles. The first-order valence-corrected chi connectivity index (χ1v) is 8.40. The Bertz CT molecular complexity index is 787. The Hall–Kier alpha value is -2.56. The molecular weight excluding hydrogens is 319 g/mol. The van der Waals surface area contributed by atoms with E-state index in [-0.39, 0.29) is 23.7 Å². The molecule has 0 saturated carbocycles. The molecule has 4 nitrogen and oxygen atoms in total. The number of aliphatic imine (C=N–C) groups is 1. The highest BCUT2D eigenvalue weighted by atomic mass is 19.1. The normalized spacial score (nSPS) is 17.9. The molecule has 0 N–H and O–H groups in total. The van der Waals surface area contributed by atoms with Crippen molar-refractivity contribution in [1.29, 1.82) is 0 Å². The molecule has 0 spiro atoms. The molecule has 0 unspecified atom stereocenters. The zero-order chi connectivity index (χ0) is 17.8. The highest BCUT2D eigenvalue weighted by Crippen LogP contribution is 2.29. The van der Waals surface area contributed by atoms with Gasteiger partial charge in [0, 0.05) is 24.2 Å². The lowest BCUT2D eigenvalue weighted by Gasteiger charge is -2.16. The summed E-state index contributed by atoms with van der Waals surface area (Å²) in [6.45, 7) is 2.07. The Balaban J connectivity index is 1.66. The van der Waals surface area contributed by atoms with Crippen LogP contribution in [0.2, 0.25) is 0 Å². The fourth-order valence-electron chi connectivity index (χ4n) is 3.19. The van der Waals surface area contributed by atoms with E-state index in [1.165, 1.54) is 19.4 Å². The first-order chi connectivity index (χ1) is 12.1. The van der Waals surface area contributed by atoms with E-state index in [9.17, 15) is 9.18 Å². The number of pyridine rings is 1. The van der Waals surface area contributed by atoms with Gasteiger partial charge in [-0.15, -0.1) is 0 Å². The van der Waals surface area contributed by atoms with E-state index in [4.69, 9.17) is 9.73 Å². The number of methoxy groups -OCH3 is 1. The van der Waals surface area contributed by atoms with Gasteiger partial charge in [-0.1, -0.05) is 19.1 Å². The predicted octanol–water partition coefficient (Wildman–Crippen LogP) is 3.96. The van der Waals surface area contributed by atoms with Crippen LogP contribution in [0, 0.1) is 5.82 Å². The lowest BCUT2D eigenvalue weighted by molar-refractivity contribution is 0.0600. The molecule has 1 aliphatic heterocycles. The second-order valence-electron chi connectivity index (χ2n) is 6.39. The summed E-state index contributed by atoms with van der Waals surface area (Å²) in [4.78, 5) is 20.2. The molecule has 0 amide bonds. The maximum atomic E-state index is 13.4. The third-order valence-corrected chi connectivity index (χ3v) is 4.69. The average Bonchev–Trinajstić information content (AvgIpc) is 3.09. The lowest BCUT2D eigenvalue weighted by atomic mass is 9.93. The van der Waals surface area contributed by atoms with Crippen LogP contribution in [-0.2, 0) is 11.2 Å². The van der Waals surface area contributed by atoms with Gasteiger partial charge in [0.2, 0.25) is 0 Å². The number of hydrogen-bond acceptors (Lipinski definition) is 4. The molecule has 1 aromatic carbocycles. The summed E-state index contributed by atoms with van der Waals surface area (Å²) in [6.07, 6.45) is 5.61. The van der Waals surface area contributed by atoms with Crippen LogP contribution in [-0.4, -0.2) is 29.8 Å². The average molecular weight is 340 g/mol. The number of benzene rings is 1. The summed E-state index contributed by atoms with van der Waals surface area (Å²) in [7, 11) is 1.37. The van der Waals surface area contributed by atoms with Gasteiger partial charge in [-0.25, -0.2) is 9.18 Å². The van der Waals surface area contributed by atoms with Gasteiger partial charge in [0.25, 0.3) is 0 Å². The molecule has 2 heterocycles. The second kappa shape index (κ2) is 7.55. The highest BCUT2D eigenvalue weighted by Gasteiger charge is 2.24. The summed E-state index contributed by atoms with van der Waals surface area (Å²) in [6, 6.07) is 9.11. The molecular formula is C20H21FN2O2. The van der Waals surface area contributed by atoms with Crippen LogP contribution < -0.4 is 0 Å². The molecule has 0 aliphatic carbocycles. The number of carbonyl (C=O) groups is 1. The number of carbonyl (C=O) groups excluding carboxylic acids is 1. The van der Waals surface area contributed by atoms with E-state index in [0.717, 1.165) is 36.1 Å². The van der Waals surface area contributed by atoms with Gasteiger partial charge in [0.1, 0.15) is 5.82 Å². The van der Waals surface area contributed by atoms with Crippen LogP contribution in [0.4, 0.5) is 4.39 Å². The molecule has 1 aliphatic rings. The van der Waals surface area contributed by atoms with Crippen LogP contribution >= 0.6 is 0 Å². The minimum atomic E-state index is -0.331. The quantitative estimate of drug-likeness (QED) is 0.774. The van der Waals surface area contributed by atoms with Crippen molar-refractivity contribution >= 4 is 11.7 Å². The molecule has 3 rings (SSSR count). The van der Waals surface area contributed by atoms with Crippen molar-refractivity contribution in [3.8, 4) is 0 Å². The Labute approximate surface area is 146 Å². The third-order valence-electron chi connectivity index (χ3n) is 4.69. The lowest BCUT2D eigenvalue weighted by Crippen LogP contribution is -2.11. The van der Waals surface area contributed by atoms with Crippen molar-refractivity contribution in [3.63, 3.8) is 0 Å². The van der Waals surface area contributed by atoms with E-state index < -0.39 is 0 Å². The first kappa shape index (κ1) is 17.3. The Morgan fingerprint density at radius 3 is 2.76 bits per heavy atom. The number of ether oxygens (including phenoxy) is 1. The number of nitrogens with zero attached hydrogens (tertiary/aromatic N) is 2. The van der Waals surface area contributed by atoms with Crippen molar-refractivity contribution < 1.29 is 13.9 Å². The maximum absolute atomic E-state index is 13.4. The SMILES string of the molecule is COC(=O)c1ccc(CC2=N[C@@H]([C@H](C)c3cncc(F)c3)CC2)cc1. The summed E-state index contributed by atoms with van der Waals surface area (Å²) < 4.78 is 18.1. The molecule has 1 aromatic heterocycles. The number of halogens is 1. The van der Waals surface area contributed by atoms with Gasteiger partial charge < -0.3 is 4.74 Å². The van der Waals surface area contributed by atoms with Crippen molar-refractivity contribution in [2.75, 3.05) is 7.11 Å². The van der Waals surface area contributed by atoms with Crippen molar-refractivity contribution in [2.24, 2.45) is 4.99 Å². The minimum absolute atomic E-state index is 0.141. The zero-order valence-corrected chi connectivity index (χ0v) is 14.4. The molecule has 130 valence electrons. The van der Waals surface area contributed by atoms with Crippen LogP contribution in [0.25, 0.3) is 0 Å². The van der Waals surface area contributed by atoms with E-state index in [2.05, 4.69) is 11.9 Å². The zero-order valence-electron chi connectivity index (χ0n) is 14.4.